The van der Waals surface area contributed by atoms with Gasteiger partial charge in [-0.1, -0.05) is 12.8 Å². The molecule has 1 amide bonds. The Hall–Kier alpha value is -2.97. The van der Waals surface area contributed by atoms with Crippen molar-refractivity contribution in [2.75, 3.05) is 11.9 Å². The molecule has 2 aromatic rings. The quantitative estimate of drug-likeness (QED) is 0.639. The van der Waals surface area contributed by atoms with Gasteiger partial charge < -0.3 is 10.1 Å². The first-order chi connectivity index (χ1) is 12.0. The van der Waals surface area contributed by atoms with Gasteiger partial charge in [0.15, 0.2) is 18.2 Å². The number of hydrogen-bond donors (Lipinski definition) is 1. The zero-order valence-electron chi connectivity index (χ0n) is 13.4. The fraction of sp³-hybridized carbons (Fsp3) is 0.375. The summed E-state index contributed by atoms with van der Waals surface area (Å²) in [6, 6.07) is 4.97. The zero-order valence-corrected chi connectivity index (χ0v) is 13.4. The number of carbonyl (C=O) groups excluding carboxylic acids is 1. The molecule has 0 spiro atoms. The van der Waals surface area contributed by atoms with Gasteiger partial charge >= 0.3 is 0 Å². The van der Waals surface area contributed by atoms with Crippen LogP contribution in [0, 0.1) is 15.9 Å². The number of amides is 1. The second-order valence-electron chi connectivity index (χ2n) is 5.81. The Morgan fingerprint density at radius 2 is 2.16 bits per heavy atom. The number of aromatic nitrogens is 2. The highest BCUT2D eigenvalue weighted by atomic mass is 19.1. The Kier molecular flexibility index (Phi) is 4.92. The van der Waals surface area contributed by atoms with Gasteiger partial charge in [-0.05, 0) is 18.9 Å². The summed E-state index contributed by atoms with van der Waals surface area (Å²) in [4.78, 5) is 21.9. The van der Waals surface area contributed by atoms with Crippen molar-refractivity contribution in [1.29, 1.82) is 0 Å². The molecular formula is C16H17FN4O4. The molecule has 1 aliphatic carbocycles. The highest BCUT2D eigenvalue weighted by molar-refractivity contribution is 5.91. The summed E-state index contributed by atoms with van der Waals surface area (Å²) in [6.07, 6.45) is 5.94. The molecule has 3 rings (SSSR count). The number of ether oxygens (including phenoxy) is 1. The normalized spacial score (nSPS) is 14.4. The largest absolute Gasteiger partial charge is 0.481 e. The van der Waals surface area contributed by atoms with E-state index in [0.29, 0.717) is 5.82 Å². The number of nitrogens with one attached hydrogen (secondary N) is 1. The highest BCUT2D eigenvalue weighted by Gasteiger charge is 2.20. The molecule has 0 saturated heterocycles. The Morgan fingerprint density at radius 1 is 1.40 bits per heavy atom. The molecule has 25 heavy (non-hydrogen) atoms. The van der Waals surface area contributed by atoms with Crippen molar-refractivity contribution in [3.63, 3.8) is 0 Å². The van der Waals surface area contributed by atoms with Crippen molar-refractivity contribution in [2.45, 2.75) is 31.7 Å². The fourth-order valence-corrected chi connectivity index (χ4v) is 2.90. The molecule has 0 aliphatic heterocycles. The number of benzene rings is 1. The van der Waals surface area contributed by atoms with Crippen LogP contribution >= 0.6 is 0 Å². The van der Waals surface area contributed by atoms with Crippen molar-refractivity contribution in [1.82, 2.24) is 9.78 Å². The van der Waals surface area contributed by atoms with Gasteiger partial charge in [-0.3, -0.25) is 14.9 Å². The first-order valence-corrected chi connectivity index (χ1v) is 7.94. The molecule has 1 fully saturated rings. The van der Waals surface area contributed by atoms with E-state index in [1.165, 1.54) is 0 Å². The van der Waals surface area contributed by atoms with Crippen molar-refractivity contribution < 1.29 is 18.8 Å². The van der Waals surface area contributed by atoms with Gasteiger partial charge in [-0.2, -0.15) is 5.10 Å². The minimum Gasteiger partial charge on any atom is -0.481 e. The number of nitro groups is 1. The Morgan fingerprint density at radius 3 is 2.84 bits per heavy atom. The maximum atomic E-state index is 13.7. The standard InChI is InChI=1S/C16H17FN4O4/c17-13-9-12(21(23)24)5-6-14(13)25-10-16(22)19-15-7-8-18-20(15)11-3-1-2-4-11/h5-9,11H,1-4,10H2,(H,19,22). The third-order valence-corrected chi connectivity index (χ3v) is 4.09. The van der Waals surface area contributed by atoms with Crippen LogP contribution in [0.1, 0.15) is 31.7 Å². The zero-order chi connectivity index (χ0) is 17.8. The molecule has 1 heterocycles. The number of nitrogens with zero attached hydrogens (tertiary/aromatic N) is 3. The van der Waals surface area contributed by atoms with E-state index < -0.39 is 23.3 Å². The number of anilines is 1. The van der Waals surface area contributed by atoms with Crippen LogP contribution in [-0.4, -0.2) is 27.2 Å². The fourth-order valence-electron chi connectivity index (χ4n) is 2.90. The molecule has 9 heteroatoms. The van der Waals surface area contributed by atoms with Crippen LogP contribution in [0.25, 0.3) is 0 Å². The summed E-state index contributed by atoms with van der Waals surface area (Å²) in [6.45, 7) is -0.412. The highest BCUT2D eigenvalue weighted by Crippen LogP contribution is 2.31. The van der Waals surface area contributed by atoms with Crippen LogP contribution in [0.3, 0.4) is 0 Å². The van der Waals surface area contributed by atoms with E-state index in [4.69, 9.17) is 4.74 Å². The smallest absolute Gasteiger partial charge is 0.272 e. The average molecular weight is 348 g/mol. The predicted octanol–water partition coefficient (Wildman–Crippen LogP) is 3.06. The molecule has 0 bridgehead atoms. The summed E-state index contributed by atoms with van der Waals surface area (Å²) in [5.41, 5.74) is -0.380. The molecule has 0 atom stereocenters. The summed E-state index contributed by atoms with van der Waals surface area (Å²) >= 11 is 0. The molecule has 1 N–H and O–H groups in total. The molecule has 1 aliphatic rings. The van der Waals surface area contributed by atoms with E-state index in [-0.39, 0.29) is 17.5 Å². The van der Waals surface area contributed by atoms with Crippen molar-refractivity contribution in [2.24, 2.45) is 0 Å². The number of hydrogen-bond acceptors (Lipinski definition) is 5. The number of halogens is 1. The number of rotatable bonds is 6. The van der Waals surface area contributed by atoms with E-state index in [1.54, 1.807) is 16.9 Å². The summed E-state index contributed by atoms with van der Waals surface area (Å²) in [7, 11) is 0. The lowest BCUT2D eigenvalue weighted by atomic mass is 10.2. The second kappa shape index (κ2) is 7.29. The van der Waals surface area contributed by atoms with Crippen molar-refractivity contribution in [3.8, 4) is 5.75 Å². The first-order valence-electron chi connectivity index (χ1n) is 7.94. The summed E-state index contributed by atoms with van der Waals surface area (Å²) in [5, 5.41) is 17.5. The van der Waals surface area contributed by atoms with Crippen LogP contribution in [0.5, 0.6) is 5.75 Å². The SMILES string of the molecule is O=C(COc1ccc([N+](=O)[O-])cc1F)Nc1ccnn1C1CCCC1. The molecule has 8 nitrogen and oxygen atoms in total. The van der Waals surface area contributed by atoms with Crippen LogP contribution < -0.4 is 10.1 Å². The van der Waals surface area contributed by atoms with Crippen molar-refractivity contribution in [3.05, 3.63) is 46.4 Å². The van der Waals surface area contributed by atoms with Gasteiger partial charge in [-0.15, -0.1) is 0 Å². The van der Waals surface area contributed by atoms with E-state index in [0.717, 1.165) is 43.9 Å². The van der Waals surface area contributed by atoms with Gasteiger partial charge in [0.25, 0.3) is 11.6 Å². The third kappa shape index (κ3) is 3.93. The van der Waals surface area contributed by atoms with Gasteiger partial charge in [0.1, 0.15) is 5.82 Å². The molecule has 132 valence electrons. The summed E-state index contributed by atoms with van der Waals surface area (Å²) in [5.74, 6) is -0.995. The maximum absolute atomic E-state index is 13.7. The van der Waals surface area contributed by atoms with Crippen LogP contribution in [0.4, 0.5) is 15.9 Å². The van der Waals surface area contributed by atoms with Gasteiger partial charge in [-0.25, -0.2) is 9.07 Å². The monoisotopic (exact) mass is 348 g/mol. The maximum Gasteiger partial charge on any atom is 0.272 e. The van der Waals surface area contributed by atoms with Crippen LogP contribution in [0.2, 0.25) is 0 Å². The molecular weight excluding hydrogens is 331 g/mol. The lowest BCUT2D eigenvalue weighted by molar-refractivity contribution is -0.385. The molecule has 1 saturated carbocycles. The minimum absolute atomic E-state index is 0.218. The Balaban J connectivity index is 1.59. The van der Waals surface area contributed by atoms with Crippen LogP contribution in [0.15, 0.2) is 30.5 Å². The summed E-state index contributed by atoms with van der Waals surface area (Å²) < 4.78 is 20.6. The van der Waals surface area contributed by atoms with Crippen molar-refractivity contribution >= 4 is 17.4 Å². The molecule has 0 radical (unpaired) electrons. The number of nitro benzene ring substituents is 1. The van der Waals surface area contributed by atoms with Gasteiger partial charge in [0, 0.05) is 12.1 Å². The Bertz CT molecular complexity index is 786. The average Bonchev–Trinajstić information content (AvgIpc) is 3.24. The number of non-ortho nitro benzene ring substituents is 1. The molecule has 1 aromatic heterocycles. The van der Waals surface area contributed by atoms with Gasteiger partial charge in [0.2, 0.25) is 0 Å². The predicted molar refractivity (Wildman–Crippen MR) is 86.9 cm³/mol. The van der Waals surface area contributed by atoms with E-state index in [9.17, 15) is 19.3 Å². The van der Waals surface area contributed by atoms with E-state index in [1.807, 2.05) is 0 Å². The Labute approximate surface area is 142 Å². The first kappa shape index (κ1) is 16.9. The minimum atomic E-state index is -0.891. The topological polar surface area (TPSA) is 99.3 Å². The van der Waals surface area contributed by atoms with Gasteiger partial charge in [0.05, 0.1) is 23.2 Å². The molecule has 1 aromatic carbocycles. The van der Waals surface area contributed by atoms with E-state index >= 15 is 0 Å². The lowest BCUT2D eigenvalue weighted by Gasteiger charge is -2.14. The lowest BCUT2D eigenvalue weighted by Crippen LogP contribution is -2.23. The van der Waals surface area contributed by atoms with Crippen LogP contribution in [-0.2, 0) is 4.79 Å². The third-order valence-electron chi connectivity index (χ3n) is 4.09. The van der Waals surface area contributed by atoms with E-state index in [2.05, 4.69) is 10.4 Å². The second-order valence-corrected chi connectivity index (χ2v) is 5.81. The molecule has 0 unspecified atom stereocenters. The number of carbonyl (C=O) groups is 1.